The number of nitrogens with zero attached hydrogens (tertiary/aromatic N) is 2. The van der Waals surface area contributed by atoms with Gasteiger partial charge in [0.15, 0.2) is 0 Å². The summed E-state index contributed by atoms with van der Waals surface area (Å²) in [6, 6.07) is 9.86. The molecular weight excluding hydrogens is 324 g/mol. The number of hydrogen-bond donors (Lipinski definition) is 0. The molecule has 24 heavy (non-hydrogen) atoms. The molecule has 1 aliphatic rings. The molecule has 1 aliphatic carbocycles. The van der Waals surface area contributed by atoms with Crippen LogP contribution in [0.3, 0.4) is 0 Å². The van der Waals surface area contributed by atoms with Gasteiger partial charge in [0.25, 0.3) is 0 Å². The van der Waals surface area contributed by atoms with E-state index in [2.05, 4.69) is 0 Å². The average Bonchev–Trinajstić information content (AvgIpc) is 2.55. The minimum atomic E-state index is -3.28. The fraction of sp³-hybridized carbons (Fsp3) is 0.611. The summed E-state index contributed by atoms with van der Waals surface area (Å²) in [5.41, 5.74) is 1.07. The molecule has 6 heteroatoms. The fourth-order valence-electron chi connectivity index (χ4n) is 3.33. The molecule has 0 spiro atoms. The highest BCUT2D eigenvalue weighted by Gasteiger charge is 2.28. The van der Waals surface area contributed by atoms with E-state index in [4.69, 9.17) is 0 Å². The topological polar surface area (TPSA) is 57.7 Å². The van der Waals surface area contributed by atoms with Gasteiger partial charge in [-0.15, -0.1) is 0 Å². The van der Waals surface area contributed by atoms with E-state index >= 15 is 0 Å². The molecule has 1 amide bonds. The molecular formula is C18H28N2O3S. The monoisotopic (exact) mass is 352 g/mol. The molecule has 1 aromatic carbocycles. The second kappa shape index (κ2) is 8.62. The number of sulfonamides is 1. The maximum absolute atomic E-state index is 12.4. The van der Waals surface area contributed by atoms with Crippen LogP contribution in [0.15, 0.2) is 30.3 Å². The van der Waals surface area contributed by atoms with Crippen molar-refractivity contribution in [1.82, 2.24) is 9.21 Å². The van der Waals surface area contributed by atoms with Gasteiger partial charge in [-0.3, -0.25) is 4.79 Å². The van der Waals surface area contributed by atoms with Gasteiger partial charge in [-0.25, -0.2) is 8.42 Å². The van der Waals surface area contributed by atoms with Crippen molar-refractivity contribution in [3.05, 3.63) is 35.9 Å². The van der Waals surface area contributed by atoms with Crippen molar-refractivity contribution in [2.24, 2.45) is 0 Å². The third-order valence-electron chi connectivity index (χ3n) is 4.64. The summed E-state index contributed by atoms with van der Waals surface area (Å²) in [5.74, 6) is -0.0247. The van der Waals surface area contributed by atoms with Gasteiger partial charge in [-0.05, 0) is 18.4 Å². The van der Waals surface area contributed by atoms with Crippen molar-refractivity contribution in [3.8, 4) is 0 Å². The van der Waals surface area contributed by atoms with Crippen molar-refractivity contribution >= 4 is 15.9 Å². The van der Waals surface area contributed by atoms with Crippen LogP contribution in [0, 0.1) is 0 Å². The summed E-state index contributed by atoms with van der Waals surface area (Å²) in [6.45, 7) is 0.823. The molecule has 0 radical (unpaired) electrons. The third kappa shape index (κ3) is 5.60. The molecule has 2 rings (SSSR count). The van der Waals surface area contributed by atoms with Gasteiger partial charge < -0.3 is 4.90 Å². The summed E-state index contributed by atoms with van der Waals surface area (Å²) < 4.78 is 25.8. The standard InChI is InChI=1S/C18H28N2O3S/c1-19(15-16-9-5-3-6-10-16)18(21)13-14-20(24(2,22)23)17-11-7-4-8-12-17/h3,5-6,9-10,17H,4,7-8,11-15H2,1-2H3. The molecule has 0 atom stereocenters. The van der Waals surface area contributed by atoms with Crippen LogP contribution < -0.4 is 0 Å². The van der Waals surface area contributed by atoms with Gasteiger partial charge in [0, 0.05) is 32.6 Å². The summed E-state index contributed by atoms with van der Waals surface area (Å²) in [5, 5.41) is 0. The Labute approximate surface area is 145 Å². The lowest BCUT2D eigenvalue weighted by molar-refractivity contribution is -0.130. The van der Waals surface area contributed by atoms with Crippen LogP contribution in [0.5, 0.6) is 0 Å². The van der Waals surface area contributed by atoms with E-state index in [0.717, 1.165) is 31.2 Å². The molecule has 1 fully saturated rings. The Morgan fingerprint density at radius 1 is 1.12 bits per heavy atom. The highest BCUT2D eigenvalue weighted by atomic mass is 32.2. The molecule has 0 unspecified atom stereocenters. The maximum atomic E-state index is 12.4. The predicted molar refractivity (Wildman–Crippen MR) is 96.0 cm³/mol. The molecule has 0 aliphatic heterocycles. The van der Waals surface area contributed by atoms with Crippen molar-refractivity contribution in [2.45, 2.75) is 51.1 Å². The molecule has 0 N–H and O–H groups in total. The maximum Gasteiger partial charge on any atom is 0.223 e. The van der Waals surface area contributed by atoms with E-state index in [-0.39, 0.29) is 24.9 Å². The number of carbonyl (C=O) groups is 1. The lowest BCUT2D eigenvalue weighted by Gasteiger charge is -2.32. The smallest absolute Gasteiger partial charge is 0.223 e. The van der Waals surface area contributed by atoms with E-state index in [1.165, 1.54) is 12.7 Å². The molecule has 0 saturated heterocycles. The molecule has 134 valence electrons. The minimum Gasteiger partial charge on any atom is -0.341 e. The zero-order valence-electron chi connectivity index (χ0n) is 14.6. The van der Waals surface area contributed by atoms with Gasteiger partial charge >= 0.3 is 0 Å². The first-order valence-corrected chi connectivity index (χ1v) is 10.5. The van der Waals surface area contributed by atoms with E-state index in [1.54, 1.807) is 16.3 Å². The lowest BCUT2D eigenvalue weighted by atomic mass is 9.95. The van der Waals surface area contributed by atoms with E-state index in [9.17, 15) is 13.2 Å². The van der Waals surface area contributed by atoms with Gasteiger partial charge in [0.05, 0.1) is 6.26 Å². The molecule has 0 heterocycles. The number of carbonyl (C=O) groups excluding carboxylic acids is 1. The minimum absolute atomic E-state index is 0.0247. The number of benzene rings is 1. The van der Waals surface area contributed by atoms with E-state index in [1.807, 2.05) is 30.3 Å². The second-order valence-corrected chi connectivity index (χ2v) is 8.59. The van der Waals surface area contributed by atoms with Gasteiger partial charge in [-0.1, -0.05) is 49.6 Å². The SMILES string of the molecule is CN(Cc1ccccc1)C(=O)CCN(C1CCCCC1)S(C)(=O)=O. The number of rotatable bonds is 7. The van der Waals surface area contributed by atoms with Crippen LogP contribution in [0.1, 0.15) is 44.1 Å². The Hall–Kier alpha value is -1.40. The highest BCUT2D eigenvalue weighted by molar-refractivity contribution is 7.88. The molecule has 5 nitrogen and oxygen atoms in total. The molecule has 1 saturated carbocycles. The second-order valence-electron chi connectivity index (χ2n) is 6.65. The highest BCUT2D eigenvalue weighted by Crippen LogP contribution is 2.24. The van der Waals surface area contributed by atoms with Crippen LogP contribution in [-0.4, -0.2) is 49.4 Å². The van der Waals surface area contributed by atoms with Crippen molar-refractivity contribution in [1.29, 1.82) is 0 Å². The van der Waals surface area contributed by atoms with Crippen LogP contribution in [-0.2, 0) is 21.4 Å². The molecule has 0 bridgehead atoms. The zero-order chi connectivity index (χ0) is 17.6. The zero-order valence-corrected chi connectivity index (χ0v) is 15.5. The normalized spacial score (nSPS) is 16.3. The number of amides is 1. The molecule has 1 aromatic rings. The Balaban J connectivity index is 1.91. The lowest BCUT2D eigenvalue weighted by Crippen LogP contribution is -2.43. The van der Waals surface area contributed by atoms with Gasteiger partial charge in [0.1, 0.15) is 0 Å². The van der Waals surface area contributed by atoms with E-state index in [0.29, 0.717) is 6.54 Å². The summed E-state index contributed by atoms with van der Waals surface area (Å²) >= 11 is 0. The van der Waals surface area contributed by atoms with Crippen LogP contribution in [0.4, 0.5) is 0 Å². The fourth-order valence-corrected chi connectivity index (χ4v) is 4.51. The average molecular weight is 353 g/mol. The summed E-state index contributed by atoms with van der Waals surface area (Å²) in [6.07, 6.45) is 6.60. The predicted octanol–water partition coefficient (Wildman–Crippen LogP) is 2.63. The van der Waals surface area contributed by atoms with Crippen LogP contribution in [0.25, 0.3) is 0 Å². The van der Waals surface area contributed by atoms with Crippen molar-refractivity contribution in [2.75, 3.05) is 19.8 Å². The Bertz CT molecular complexity index is 625. The Kier molecular flexibility index (Phi) is 6.80. The summed E-state index contributed by atoms with van der Waals surface area (Å²) in [4.78, 5) is 14.0. The number of hydrogen-bond acceptors (Lipinski definition) is 3. The van der Waals surface area contributed by atoms with E-state index < -0.39 is 10.0 Å². The van der Waals surface area contributed by atoms with Crippen LogP contribution >= 0.6 is 0 Å². The molecule has 0 aromatic heterocycles. The largest absolute Gasteiger partial charge is 0.341 e. The van der Waals surface area contributed by atoms with Gasteiger partial charge in [0.2, 0.25) is 15.9 Å². The van der Waals surface area contributed by atoms with Gasteiger partial charge in [-0.2, -0.15) is 4.31 Å². The first-order valence-electron chi connectivity index (χ1n) is 8.62. The summed E-state index contributed by atoms with van der Waals surface area (Å²) in [7, 11) is -1.52. The first-order chi connectivity index (χ1) is 11.4. The van der Waals surface area contributed by atoms with Crippen molar-refractivity contribution < 1.29 is 13.2 Å². The van der Waals surface area contributed by atoms with Crippen molar-refractivity contribution in [3.63, 3.8) is 0 Å². The first kappa shape index (κ1) is 18.9. The Morgan fingerprint density at radius 3 is 2.33 bits per heavy atom. The third-order valence-corrected chi connectivity index (χ3v) is 5.98. The Morgan fingerprint density at radius 2 is 1.75 bits per heavy atom. The quantitative estimate of drug-likeness (QED) is 0.758. The van der Waals surface area contributed by atoms with Crippen LogP contribution in [0.2, 0.25) is 0 Å².